The van der Waals surface area contributed by atoms with Gasteiger partial charge in [0, 0.05) is 9.75 Å². The first-order chi connectivity index (χ1) is 9.55. The Morgan fingerprint density at radius 3 is 2.35 bits per heavy atom. The third-order valence-electron chi connectivity index (χ3n) is 3.11. The molecule has 0 amide bonds. The lowest BCUT2D eigenvalue weighted by Gasteiger charge is -2.31. The van der Waals surface area contributed by atoms with Crippen molar-refractivity contribution in [2.45, 2.75) is 11.8 Å². The van der Waals surface area contributed by atoms with Gasteiger partial charge in [0.1, 0.15) is 0 Å². The van der Waals surface area contributed by atoms with Crippen LogP contribution in [0, 0.1) is 0 Å². The van der Waals surface area contributed by atoms with E-state index in [0.717, 1.165) is 22.7 Å². The Labute approximate surface area is 120 Å². The van der Waals surface area contributed by atoms with Gasteiger partial charge < -0.3 is 0 Å². The molecule has 0 aliphatic heterocycles. The third-order valence-corrected chi connectivity index (χ3v) is 4.98. The molecule has 0 spiro atoms. The predicted molar refractivity (Wildman–Crippen MR) is 73.5 cm³/mol. The molecule has 0 aromatic carbocycles. The summed E-state index contributed by atoms with van der Waals surface area (Å²) in [5.41, 5.74) is -3.26. The average Bonchev–Trinajstić information content (AvgIpc) is 3.09. The maximum absolute atomic E-state index is 15.3. The summed E-state index contributed by atoms with van der Waals surface area (Å²) in [6.07, 6.45) is -1.91. The van der Waals surface area contributed by atoms with E-state index >= 15 is 4.39 Å². The Bertz CT molecular complexity index is 670. The van der Waals surface area contributed by atoms with Crippen molar-refractivity contribution in [1.82, 2.24) is 0 Å². The van der Waals surface area contributed by atoms with Gasteiger partial charge in [0.2, 0.25) is 5.67 Å². The van der Waals surface area contributed by atoms with Gasteiger partial charge in [-0.1, -0.05) is 12.1 Å². The molecule has 2 atom stereocenters. The minimum atomic E-state index is -2.70. The van der Waals surface area contributed by atoms with E-state index in [2.05, 4.69) is 0 Å². The molecular weight excluding hydrogens is 308 g/mol. The van der Waals surface area contributed by atoms with Crippen LogP contribution in [0.25, 0.3) is 5.57 Å². The normalized spacial score (nSPS) is 26.8. The van der Waals surface area contributed by atoms with Gasteiger partial charge in [-0.15, -0.1) is 22.7 Å². The summed E-state index contributed by atoms with van der Waals surface area (Å²) in [6, 6.07) is 5.97. The zero-order chi connectivity index (χ0) is 14.3. The lowest BCUT2D eigenvalue weighted by molar-refractivity contribution is 0.133. The van der Waals surface area contributed by atoms with E-state index in [4.69, 9.17) is 0 Å². The Hall–Kier alpha value is -1.40. The van der Waals surface area contributed by atoms with Crippen molar-refractivity contribution >= 4 is 28.2 Å². The number of rotatable bonds is 2. The summed E-state index contributed by atoms with van der Waals surface area (Å²) in [5.74, 6) is -2.69. The summed E-state index contributed by atoms with van der Waals surface area (Å²) < 4.78 is 57.1. The molecule has 2 aromatic heterocycles. The molecule has 0 N–H and O–H groups in total. The summed E-state index contributed by atoms with van der Waals surface area (Å²) >= 11 is 2.02. The molecule has 3 rings (SSSR count). The molecule has 0 nitrogen and oxygen atoms in total. The zero-order valence-corrected chi connectivity index (χ0v) is 11.6. The number of allylic oxidation sites excluding steroid dienone is 4. The largest absolute Gasteiger partial charge is 0.238 e. The second kappa shape index (κ2) is 4.86. The van der Waals surface area contributed by atoms with Gasteiger partial charge >= 0.3 is 0 Å². The lowest BCUT2D eigenvalue weighted by Crippen LogP contribution is -2.34. The van der Waals surface area contributed by atoms with Crippen molar-refractivity contribution < 1.29 is 17.6 Å². The fourth-order valence-electron chi connectivity index (χ4n) is 2.19. The molecule has 1 aliphatic rings. The molecule has 104 valence electrons. The number of hydrogen-bond acceptors (Lipinski definition) is 2. The first kappa shape index (κ1) is 13.6. The van der Waals surface area contributed by atoms with E-state index in [0.29, 0.717) is 6.08 Å². The highest BCUT2D eigenvalue weighted by atomic mass is 32.1. The van der Waals surface area contributed by atoms with Crippen LogP contribution in [0.2, 0.25) is 0 Å². The minimum Gasteiger partial charge on any atom is -0.238 e. The molecule has 0 radical (unpaired) electrons. The van der Waals surface area contributed by atoms with Crippen molar-refractivity contribution in [1.29, 1.82) is 0 Å². The molecule has 0 fully saturated rings. The van der Waals surface area contributed by atoms with Crippen LogP contribution in [0.4, 0.5) is 17.6 Å². The van der Waals surface area contributed by atoms with Gasteiger partial charge in [0.25, 0.3) is 0 Å². The first-order valence-corrected chi connectivity index (χ1v) is 7.50. The molecule has 2 unspecified atom stereocenters. The van der Waals surface area contributed by atoms with E-state index in [1.54, 1.807) is 22.9 Å². The van der Waals surface area contributed by atoms with Gasteiger partial charge in [0.05, 0.1) is 5.57 Å². The highest BCUT2D eigenvalue weighted by Crippen LogP contribution is 2.52. The monoisotopic (exact) mass is 316 g/mol. The third kappa shape index (κ3) is 1.86. The van der Waals surface area contributed by atoms with Crippen LogP contribution in [0.5, 0.6) is 0 Å². The number of thiophene rings is 2. The van der Waals surface area contributed by atoms with Crippen molar-refractivity contribution in [3.05, 3.63) is 62.5 Å². The van der Waals surface area contributed by atoms with E-state index in [1.165, 1.54) is 12.1 Å². The summed E-state index contributed by atoms with van der Waals surface area (Å²) in [5, 5.41) is 3.18. The van der Waals surface area contributed by atoms with Gasteiger partial charge in [-0.05, 0) is 29.0 Å². The molecule has 0 saturated carbocycles. The molecule has 0 bridgehead atoms. The molecule has 1 aliphatic carbocycles. The van der Waals surface area contributed by atoms with Gasteiger partial charge in [-0.2, -0.15) is 0 Å². The Morgan fingerprint density at radius 1 is 1.05 bits per heavy atom. The number of alkyl halides is 2. The van der Waals surface area contributed by atoms with Crippen LogP contribution in [-0.2, 0) is 5.67 Å². The van der Waals surface area contributed by atoms with Crippen molar-refractivity contribution in [2.75, 3.05) is 0 Å². The quantitative estimate of drug-likeness (QED) is 0.636. The maximum atomic E-state index is 15.3. The van der Waals surface area contributed by atoms with Gasteiger partial charge in [-0.3, -0.25) is 0 Å². The minimum absolute atomic E-state index is 0.0206. The SMILES string of the molecule is FC1=CC(F)C(F)(c2cccs2)C(c2cccs2)=C1F. The Kier molecular flexibility index (Phi) is 3.30. The molecule has 2 aromatic rings. The van der Waals surface area contributed by atoms with E-state index < -0.39 is 29.1 Å². The van der Waals surface area contributed by atoms with E-state index in [1.807, 2.05) is 0 Å². The highest BCUT2D eigenvalue weighted by molar-refractivity contribution is 7.11. The van der Waals surface area contributed by atoms with Crippen LogP contribution in [0.3, 0.4) is 0 Å². The van der Waals surface area contributed by atoms with Crippen LogP contribution in [0.1, 0.15) is 9.75 Å². The van der Waals surface area contributed by atoms with Crippen molar-refractivity contribution in [2.24, 2.45) is 0 Å². The molecule has 2 heterocycles. The van der Waals surface area contributed by atoms with Gasteiger partial charge in [0.15, 0.2) is 17.8 Å². The van der Waals surface area contributed by atoms with Crippen LogP contribution in [-0.4, -0.2) is 6.17 Å². The summed E-state index contributed by atoms with van der Waals surface area (Å²) in [4.78, 5) is 0.205. The first-order valence-electron chi connectivity index (χ1n) is 5.74. The van der Waals surface area contributed by atoms with E-state index in [9.17, 15) is 13.2 Å². The molecule has 6 heteroatoms. The average molecular weight is 316 g/mol. The fraction of sp³-hybridized carbons (Fsp3) is 0.143. The highest BCUT2D eigenvalue weighted by Gasteiger charge is 2.51. The van der Waals surface area contributed by atoms with Crippen molar-refractivity contribution in [3.63, 3.8) is 0 Å². The lowest BCUT2D eigenvalue weighted by atomic mass is 9.83. The Balaban J connectivity index is 2.27. The van der Waals surface area contributed by atoms with Crippen molar-refractivity contribution in [3.8, 4) is 0 Å². The van der Waals surface area contributed by atoms with Crippen LogP contribution < -0.4 is 0 Å². The number of hydrogen-bond donors (Lipinski definition) is 0. The Morgan fingerprint density at radius 2 is 1.75 bits per heavy atom. The second-order valence-corrected chi connectivity index (χ2v) is 6.17. The van der Waals surface area contributed by atoms with Crippen LogP contribution >= 0.6 is 22.7 Å². The van der Waals surface area contributed by atoms with Crippen LogP contribution in [0.15, 0.2) is 52.8 Å². The zero-order valence-electron chi connectivity index (χ0n) is 9.95. The second-order valence-electron chi connectivity index (χ2n) is 4.27. The van der Waals surface area contributed by atoms with Gasteiger partial charge in [-0.25, -0.2) is 17.6 Å². The predicted octanol–water partition coefficient (Wildman–Crippen LogP) is 5.56. The molecular formula is C14H8F4S2. The number of halogens is 4. The summed E-state index contributed by atoms with van der Waals surface area (Å²) in [7, 11) is 0. The smallest absolute Gasteiger partial charge is 0.209 e. The topological polar surface area (TPSA) is 0 Å². The standard InChI is InChI=1S/C14H8F4S2/c15-8-7-10(16)14(18,11-4-2-6-20-11)12(13(8)17)9-3-1-5-19-9/h1-7,10H. The fourth-order valence-corrected chi connectivity index (χ4v) is 3.85. The summed E-state index contributed by atoms with van der Waals surface area (Å²) in [6.45, 7) is 0. The molecule has 20 heavy (non-hydrogen) atoms. The van der Waals surface area contributed by atoms with E-state index in [-0.39, 0.29) is 9.75 Å². The molecule has 0 saturated heterocycles. The maximum Gasteiger partial charge on any atom is 0.209 e.